The standard InChI is InChI=1S/C15H28N2O2/c1-15(2,3)19-12-14(18)17-10-7-13(11-17)16-8-5-4-6-9-16/h13H,4-12H2,1-3H3. The van der Waals surface area contributed by atoms with Crippen molar-refractivity contribution in [1.29, 1.82) is 0 Å². The molecule has 2 rings (SSSR count). The molecule has 110 valence electrons. The number of nitrogens with zero attached hydrogens (tertiary/aromatic N) is 2. The molecular weight excluding hydrogens is 240 g/mol. The summed E-state index contributed by atoms with van der Waals surface area (Å²) in [5, 5.41) is 0. The highest BCUT2D eigenvalue weighted by molar-refractivity contribution is 5.77. The smallest absolute Gasteiger partial charge is 0.248 e. The third-order valence-corrected chi connectivity index (χ3v) is 4.05. The highest BCUT2D eigenvalue weighted by atomic mass is 16.5. The molecule has 1 atom stereocenters. The van der Waals surface area contributed by atoms with Crippen molar-refractivity contribution >= 4 is 5.91 Å². The summed E-state index contributed by atoms with van der Waals surface area (Å²) >= 11 is 0. The third kappa shape index (κ3) is 4.46. The van der Waals surface area contributed by atoms with E-state index in [1.807, 2.05) is 25.7 Å². The number of hydrogen-bond donors (Lipinski definition) is 0. The van der Waals surface area contributed by atoms with Crippen LogP contribution < -0.4 is 0 Å². The first-order chi connectivity index (χ1) is 8.96. The zero-order chi connectivity index (χ0) is 13.9. The first kappa shape index (κ1) is 14.8. The van der Waals surface area contributed by atoms with Gasteiger partial charge >= 0.3 is 0 Å². The normalized spacial score (nSPS) is 25.8. The van der Waals surface area contributed by atoms with Crippen LogP contribution in [0.2, 0.25) is 0 Å². The van der Waals surface area contributed by atoms with Gasteiger partial charge in [0.1, 0.15) is 6.61 Å². The first-order valence-corrected chi connectivity index (χ1v) is 7.61. The van der Waals surface area contributed by atoms with Crippen LogP contribution in [0, 0.1) is 0 Å². The number of rotatable bonds is 3. The summed E-state index contributed by atoms with van der Waals surface area (Å²) in [6.07, 6.45) is 5.13. The molecule has 0 aromatic heterocycles. The lowest BCUT2D eigenvalue weighted by Crippen LogP contribution is -2.42. The Kier molecular flexibility index (Phi) is 4.85. The van der Waals surface area contributed by atoms with Crippen molar-refractivity contribution in [1.82, 2.24) is 9.80 Å². The van der Waals surface area contributed by atoms with Crippen molar-refractivity contribution in [3.05, 3.63) is 0 Å². The Labute approximate surface area is 117 Å². The number of hydrogen-bond acceptors (Lipinski definition) is 3. The second kappa shape index (κ2) is 6.23. The van der Waals surface area contributed by atoms with Gasteiger partial charge in [-0.05, 0) is 53.1 Å². The van der Waals surface area contributed by atoms with E-state index in [-0.39, 0.29) is 18.1 Å². The van der Waals surface area contributed by atoms with Crippen molar-refractivity contribution in [3.8, 4) is 0 Å². The number of piperidine rings is 1. The van der Waals surface area contributed by atoms with E-state index in [4.69, 9.17) is 4.74 Å². The van der Waals surface area contributed by atoms with Gasteiger partial charge in [-0.1, -0.05) is 6.42 Å². The SMILES string of the molecule is CC(C)(C)OCC(=O)N1CCC(N2CCCCC2)C1. The van der Waals surface area contributed by atoms with E-state index in [1.54, 1.807) is 0 Å². The minimum Gasteiger partial charge on any atom is -0.366 e. The van der Waals surface area contributed by atoms with Gasteiger partial charge in [-0.25, -0.2) is 0 Å². The van der Waals surface area contributed by atoms with Crippen LogP contribution in [0.15, 0.2) is 0 Å². The van der Waals surface area contributed by atoms with Crippen LogP contribution in [0.1, 0.15) is 46.5 Å². The molecule has 4 nitrogen and oxygen atoms in total. The van der Waals surface area contributed by atoms with E-state index in [2.05, 4.69) is 4.90 Å². The summed E-state index contributed by atoms with van der Waals surface area (Å²) in [7, 11) is 0. The fourth-order valence-corrected chi connectivity index (χ4v) is 2.92. The third-order valence-electron chi connectivity index (χ3n) is 4.05. The Morgan fingerprint density at radius 3 is 2.47 bits per heavy atom. The second-order valence-electron chi connectivity index (χ2n) is 6.78. The lowest BCUT2D eigenvalue weighted by Gasteiger charge is -2.32. The van der Waals surface area contributed by atoms with E-state index in [1.165, 1.54) is 32.4 Å². The summed E-state index contributed by atoms with van der Waals surface area (Å²) in [4.78, 5) is 16.7. The zero-order valence-electron chi connectivity index (χ0n) is 12.7. The van der Waals surface area contributed by atoms with Gasteiger partial charge in [0.15, 0.2) is 0 Å². The molecule has 0 aromatic carbocycles. The molecule has 19 heavy (non-hydrogen) atoms. The van der Waals surface area contributed by atoms with Crippen LogP contribution in [0.5, 0.6) is 0 Å². The highest BCUT2D eigenvalue weighted by Crippen LogP contribution is 2.20. The predicted octanol–water partition coefficient (Wildman–Crippen LogP) is 1.89. The molecule has 1 amide bonds. The van der Waals surface area contributed by atoms with Gasteiger partial charge < -0.3 is 9.64 Å². The minimum atomic E-state index is -0.234. The maximum Gasteiger partial charge on any atom is 0.248 e. The maximum absolute atomic E-state index is 12.1. The van der Waals surface area contributed by atoms with Crippen LogP contribution in [-0.4, -0.2) is 60.1 Å². The van der Waals surface area contributed by atoms with Crippen molar-refractivity contribution in [2.45, 2.75) is 58.1 Å². The van der Waals surface area contributed by atoms with Gasteiger partial charge in [0.25, 0.3) is 0 Å². The zero-order valence-corrected chi connectivity index (χ0v) is 12.7. The number of amides is 1. The Morgan fingerprint density at radius 2 is 1.84 bits per heavy atom. The highest BCUT2D eigenvalue weighted by Gasteiger charge is 2.31. The van der Waals surface area contributed by atoms with E-state index < -0.39 is 0 Å². The molecule has 4 heteroatoms. The number of carbonyl (C=O) groups excluding carboxylic acids is 1. The predicted molar refractivity (Wildman–Crippen MR) is 76.1 cm³/mol. The summed E-state index contributed by atoms with van der Waals surface area (Å²) in [5.74, 6) is 0.148. The van der Waals surface area contributed by atoms with E-state index in [0.717, 1.165) is 19.5 Å². The van der Waals surface area contributed by atoms with Gasteiger partial charge in [0, 0.05) is 19.1 Å². The monoisotopic (exact) mass is 268 g/mol. The van der Waals surface area contributed by atoms with E-state index in [9.17, 15) is 4.79 Å². The summed E-state index contributed by atoms with van der Waals surface area (Å²) in [6, 6.07) is 0.582. The Morgan fingerprint density at radius 1 is 1.16 bits per heavy atom. The Balaban J connectivity index is 1.76. The molecule has 2 aliphatic heterocycles. The van der Waals surface area contributed by atoms with Crippen LogP contribution in [0.4, 0.5) is 0 Å². The van der Waals surface area contributed by atoms with Crippen LogP contribution in [0.3, 0.4) is 0 Å². The Bertz CT molecular complexity index is 306. The number of likely N-dealkylation sites (tertiary alicyclic amines) is 2. The van der Waals surface area contributed by atoms with Crippen molar-refractivity contribution < 1.29 is 9.53 Å². The average molecular weight is 268 g/mol. The van der Waals surface area contributed by atoms with Crippen LogP contribution in [-0.2, 0) is 9.53 Å². The van der Waals surface area contributed by atoms with Gasteiger partial charge in [-0.3, -0.25) is 9.69 Å². The van der Waals surface area contributed by atoms with Crippen molar-refractivity contribution in [2.24, 2.45) is 0 Å². The molecule has 0 saturated carbocycles. The molecule has 0 radical (unpaired) electrons. The molecule has 2 saturated heterocycles. The Hall–Kier alpha value is -0.610. The van der Waals surface area contributed by atoms with E-state index >= 15 is 0 Å². The first-order valence-electron chi connectivity index (χ1n) is 7.61. The van der Waals surface area contributed by atoms with E-state index in [0.29, 0.717) is 6.04 Å². The van der Waals surface area contributed by atoms with Gasteiger partial charge in [0.2, 0.25) is 5.91 Å². The molecule has 2 aliphatic rings. The molecular formula is C15H28N2O2. The molecule has 0 aromatic rings. The molecule has 1 unspecified atom stereocenters. The lowest BCUT2D eigenvalue weighted by molar-refractivity contribution is -0.140. The molecule has 2 heterocycles. The lowest BCUT2D eigenvalue weighted by atomic mass is 10.1. The number of carbonyl (C=O) groups is 1. The topological polar surface area (TPSA) is 32.8 Å². The minimum absolute atomic E-state index is 0.148. The quantitative estimate of drug-likeness (QED) is 0.783. The molecule has 0 aliphatic carbocycles. The molecule has 2 fully saturated rings. The van der Waals surface area contributed by atoms with Gasteiger partial charge in [0.05, 0.1) is 5.60 Å². The fraction of sp³-hybridized carbons (Fsp3) is 0.933. The number of ether oxygens (including phenoxy) is 1. The molecule has 0 bridgehead atoms. The largest absolute Gasteiger partial charge is 0.366 e. The second-order valence-corrected chi connectivity index (χ2v) is 6.78. The summed E-state index contributed by atoms with van der Waals surface area (Å²) in [5.41, 5.74) is -0.234. The average Bonchev–Trinajstić information content (AvgIpc) is 2.86. The molecule has 0 spiro atoms. The fourth-order valence-electron chi connectivity index (χ4n) is 2.92. The van der Waals surface area contributed by atoms with Crippen molar-refractivity contribution in [3.63, 3.8) is 0 Å². The summed E-state index contributed by atoms with van der Waals surface area (Å²) in [6.45, 7) is 10.4. The van der Waals surface area contributed by atoms with Crippen LogP contribution >= 0.6 is 0 Å². The molecule has 0 N–H and O–H groups in total. The van der Waals surface area contributed by atoms with Gasteiger partial charge in [-0.15, -0.1) is 0 Å². The maximum atomic E-state index is 12.1. The van der Waals surface area contributed by atoms with Crippen LogP contribution in [0.25, 0.3) is 0 Å². The van der Waals surface area contributed by atoms with Gasteiger partial charge in [-0.2, -0.15) is 0 Å². The summed E-state index contributed by atoms with van der Waals surface area (Å²) < 4.78 is 5.58. The van der Waals surface area contributed by atoms with Crippen molar-refractivity contribution in [2.75, 3.05) is 32.8 Å².